The fourth-order valence-corrected chi connectivity index (χ4v) is 7.00. The van der Waals surface area contributed by atoms with Crippen molar-refractivity contribution in [3.05, 3.63) is 0 Å². The Balaban J connectivity index is 2.24. The Kier molecular flexibility index (Phi) is 27.5. The van der Waals surface area contributed by atoms with Gasteiger partial charge in [-0.05, 0) is 38.5 Å². The Morgan fingerprint density at radius 1 is 0.512 bits per heavy atom. The van der Waals surface area contributed by atoms with Crippen LogP contribution in [0.5, 0.6) is 0 Å². The summed E-state index contributed by atoms with van der Waals surface area (Å²) in [5, 5.41) is 9.65. The minimum absolute atomic E-state index is 0.0376. The topological polar surface area (TPSA) is 63.6 Å². The molecular formula is C39H74O4. The van der Waals surface area contributed by atoms with E-state index in [0.29, 0.717) is 12.8 Å². The molecule has 1 aliphatic rings. The number of carboxylic acids is 1. The summed E-state index contributed by atoms with van der Waals surface area (Å²) in [7, 11) is 0. The van der Waals surface area contributed by atoms with Gasteiger partial charge < -0.3 is 9.84 Å². The molecule has 4 nitrogen and oxygen atoms in total. The van der Waals surface area contributed by atoms with E-state index >= 15 is 0 Å². The minimum atomic E-state index is -0.828. The average Bonchev–Trinajstić information content (AvgIpc) is 3.01. The molecule has 43 heavy (non-hydrogen) atoms. The van der Waals surface area contributed by atoms with Crippen molar-refractivity contribution < 1.29 is 19.4 Å². The van der Waals surface area contributed by atoms with E-state index < -0.39 is 17.8 Å². The van der Waals surface area contributed by atoms with Crippen molar-refractivity contribution in [3.63, 3.8) is 0 Å². The maximum atomic E-state index is 13.1. The van der Waals surface area contributed by atoms with Crippen LogP contribution in [0.25, 0.3) is 0 Å². The maximum absolute atomic E-state index is 13.1. The van der Waals surface area contributed by atoms with Crippen molar-refractivity contribution in [1.29, 1.82) is 0 Å². The molecule has 1 saturated carbocycles. The molecule has 0 bridgehead atoms. The molecule has 0 aromatic carbocycles. The van der Waals surface area contributed by atoms with Crippen LogP contribution in [0.15, 0.2) is 0 Å². The minimum Gasteiger partial charge on any atom is -0.481 e. The average molecular weight is 607 g/mol. The third-order valence-corrected chi connectivity index (χ3v) is 9.93. The van der Waals surface area contributed by atoms with Gasteiger partial charge in [0.15, 0.2) is 0 Å². The Labute approximate surface area is 268 Å². The normalized spacial score (nSPS) is 17.6. The van der Waals surface area contributed by atoms with Crippen LogP contribution in [0.2, 0.25) is 0 Å². The molecule has 1 fully saturated rings. The standard InChI is InChI=1S/C39H74O4/c1-3-5-7-9-11-13-15-16-17-18-20-22-24-26-28-32-35(31-27-25-23-21-19-14-12-10-8-6-4-2)43-39(42)37-34-30-29-33-36(37)38(40)41/h35-37H,3-34H2,1-2H3,(H,40,41). The fraction of sp³-hybridized carbons (Fsp3) is 0.949. The number of carbonyl (C=O) groups excluding carboxylic acids is 1. The molecule has 0 aromatic rings. The van der Waals surface area contributed by atoms with Gasteiger partial charge in [-0.2, -0.15) is 0 Å². The van der Waals surface area contributed by atoms with Crippen LogP contribution in [0.4, 0.5) is 0 Å². The first-order chi connectivity index (χ1) is 21.1. The Hall–Kier alpha value is -1.06. The molecular weight excluding hydrogens is 532 g/mol. The van der Waals surface area contributed by atoms with Crippen molar-refractivity contribution in [3.8, 4) is 0 Å². The van der Waals surface area contributed by atoms with E-state index in [0.717, 1.165) is 38.5 Å². The molecule has 1 N–H and O–H groups in total. The lowest BCUT2D eigenvalue weighted by Gasteiger charge is -2.29. The molecule has 0 radical (unpaired) electrons. The Bertz CT molecular complexity index is 633. The number of unbranched alkanes of at least 4 members (excludes halogenated alkanes) is 24. The molecule has 3 atom stereocenters. The van der Waals surface area contributed by atoms with E-state index in [4.69, 9.17) is 4.74 Å². The van der Waals surface area contributed by atoms with Gasteiger partial charge >= 0.3 is 11.9 Å². The summed E-state index contributed by atoms with van der Waals surface area (Å²) in [5.41, 5.74) is 0. The highest BCUT2D eigenvalue weighted by Crippen LogP contribution is 2.32. The van der Waals surface area contributed by atoms with Crippen LogP contribution < -0.4 is 0 Å². The molecule has 0 spiro atoms. The molecule has 0 heterocycles. The second-order valence-electron chi connectivity index (χ2n) is 14.0. The number of rotatable bonds is 31. The zero-order valence-electron chi connectivity index (χ0n) is 29.0. The smallest absolute Gasteiger partial charge is 0.310 e. The molecule has 254 valence electrons. The van der Waals surface area contributed by atoms with E-state index in [1.54, 1.807) is 0 Å². The molecule has 0 aromatic heterocycles. The zero-order chi connectivity index (χ0) is 31.2. The zero-order valence-corrected chi connectivity index (χ0v) is 29.0. The van der Waals surface area contributed by atoms with Crippen LogP contribution in [-0.4, -0.2) is 23.1 Å². The van der Waals surface area contributed by atoms with Crippen LogP contribution in [0.3, 0.4) is 0 Å². The number of hydrogen-bond donors (Lipinski definition) is 1. The van der Waals surface area contributed by atoms with Crippen LogP contribution >= 0.6 is 0 Å². The highest BCUT2D eigenvalue weighted by atomic mass is 16.5. The highest BCUT2D eigenvalue weighted by molar-refractivity contribution is 5.81. The maximum Gasteiger partial charge on any atom is 0.310 e. The molecule has 1 rings (SSSR count). The van der Waals surface area contributed by atoms with Gasteiger partial charge in [-0.1, -0.05) is 181 Å². The molecule has 4 heteroatoms. The third kappa shape index (κ3) is 23.0. The van der Waals surface area contributed by atoms with Crippen molar-refractivity contribution in [2.45, 2.75) is 225 Å². The number of carboxylic acid groups (broad SMARTS) is 1. The fourth-order valence-electron chi connectivity index (χ4n) is 7.00. The van der Waals surface area contributed by atoms with E-state index in [1.807, 2.05) is 0 Å². The molecule has 0 amide bonds. The summed E-state index contributed by atoms with van der Waals surface area (Å²) in [6, 6.07) is 0. The Morgan fingerprint density at radius 2 is 0.814 bits per heavy atom. The third-order valence-electron chi connectivity index (χ3n) is 9.93. The molecule has 0 aliphatic heterocycles. The summed E-state index contributed by atoms with van der Waals surface area (Å²) >= 11 is 0. The van der Waals surface area contributed by atoms with Crippen molar-refractivity contribution >= 4 is 11.9 Å². The van der Waals surface area contributed by atoms with E-state index in [9.17, 15) is 14.7 Å². The summed E-state index contributed by atoms with van der Waals surface area (Å²) in [6.07, 6.45) is 39.8. The molecule has 1 aliphatic carbocycles. The number of hydrogen-bond acceptors (Lipinski definition) is 3. The predicted molar refractivity (Wildman–Crippen MR) is 184 cm³/mol. The quantitative estimate of drug-likeness (QED) is 0.0630. The van der Waals surface area contributed by atoms with Crippen molar-refractivity contribution in [2.75, 3.05) is 0 Å². The van der Waals surface area contributed by atoms with Crippen LogP contribution in [0.1, 0.15) is 219 Å². The summed E-state index contributed by atoms with van der Waals surface area (Å²) < 4.78 is 6.08. The second-order valence-corrected chi connectivity index (χ2v) is 14.0. The first-order valence-corrected chi connectivity index (χ1v) is 19.5. The van der Waals surface area contributed by atoms with Crippen molar-refractivity contribution in [1.82, 2.24) is 0 Å². The van der Waals surface area contributed by atoms with Gasteiger partial charge in [0.05, 0.1) is 11.8 Å². The van der Waals surface area contributed by atoms with Gasteiger partial charge in [-0.15, -0.1) is 0 Å². The lowest BCUT2D eigenvalue weighted by molar-refractivity contribution is -0.164. The van der Waals surface area contributed by atoms with Gasteiger partial charge in [0.2, 0.25) is 0 Å². The molecule has 0 saturated heterocycles. The number of ether oxygens (including phenoxy) is 1. The van der Waals surface area contributed by atoms with Crippen molar-refractivity contribution in [2.24, 2.45) is 11.8 Å². The van der Waals surface area contributed by atoms with E-state index in [-0.39, 0.29) is 12.1 Å². The van der Waals surface area contributed by atoms with Gasteiger partial charge in [-0.3, -0.25) is 9.59 Å². The van der Waals surface area contributed by atoms with Gasteiger partial charge in [0.25, 0.3) is 0 Å². The number of esters is 1. The van der Waals surface area contributed by atoms with Gasteiger partial charge in [-0.25, -0.2) is 0 Å². The first kappa shape index (κ1) is 40.0. The summed E-state index contributed by atoms with van der Waals surface area (Å²) in [5.74, 6) is -2.08. The highest BCUT2D eigenvalue weighted by Gasteiger charge is 2.37. The lowest BCUT2D eigenvalue weighted by Crippen LogP contribution is -2.35. The lowest BCUT2D eigenvalue weighted by atomic mass is 9.79. The van der Waals surface area contributed by atoms with Gasteiger partial charge in [0, 0.05) is 0 Å². The monoisotopic (exact) mass is 607 g/mol. The van der Waals surface area contributed by atoms with Crippen LogP contribution in [-0.2, 0) is 14.3 Å². The molecule has 3 unspecified atom stereocenters. The first-order valence-electron chi connectivity index (χ1n) is 19.5. The summed E-state index contributed by atoms with van der Waals surface area (Å²) in [4.78, 5) is 24.9. The largest absolute Gasteiger partial charge is 0.481 e. The Morgan fingerprint density at radius 3 is 1.14 bits per heavy atom. The number of carbonyl (C=O) groups is 2. The van der Waals surface area contributed by atoms with E-state index in [1.165, 1.54) is 154 Å². The van der Waals surface area contributed by atoms with E-state index in [2.05, 4.69) is 13.8 Å². The predicted octanol–water partition coefficient (Wildman–Crippen LogP) is 12.8. The van der Waals surface area contributed by atoms with Crippen LogP contribution in [0, 0.1) is 11.8 Å². The second kappa shape index (κ2) is 29.6. The number of aliphatic carboxylic acids is 1. The summed E-state index contributed by atoms with van der Waals surface area (Å²) in [6.45, 7) is 4.56. The SMILES string of the molecule is CCCCCCCCCCCCCCCCCC(CCCCCCCCCCCCC)OC(=O)C1CCCCC1C(=O)O. The van der Waals surface area contributed by atoms with Gasteiger partial charge in [0.1, 0.15) is 6.10 Å².